The molecule has 1 N–H and O–H groups in total. The van der Waals surface area contributed by atoms with Gasteiger partial charge in [0.2, 0.25) is 5.91 Å². The second kappa shape index (κ2) is 6.74. The Hall–Kier alpha value is -1.84. The van der Waals surface area contributed by atoms with Crippen LogP contribution >= 0.6 is 0 Å². The maximum Gasteiger partial charge on any atom is 0.308 e. The van der Waals surface area contributed by atoms with E-state index in [4.69, 9.17) is 0 Å². The third-order valence-electron chi connectivity index (χ3n) is 4.21. The average Bonchev–Trinajstić information content (AvgIpc) is 2.47. The molecule has 0 spiro atoms. The molecule has 1 heterocycles. The lowest BCUT2D eigenvalue weighted by atomic mass is 9.89. The summed E-state index contributed by atoms with van der Waals surface area (Å²) in [4.78, 5) is 25.3. The van der Waals surface area contributed by atoms with E-state index in [0.717, 1.165) is 5.56 Å². The highest BCUT2D eigenvalue weighted by Gasteiger charge is 2.32. The normalized spacial score (nSPS) is 23.6. The van der Waals surface area contributed by atoms with E-state index in [1.54, 1.807) is 4.90 Å². The van der Waals surface area contributed by atoms with Gasteiger partial charge in [-0.1, -0.05) is 44.2 Å². The second-order valence-electron chi connectivity index (χ2n) is 6.19. The highest BCUT2D eigenvalue weighted by Crippen LogP contribution is 2.25. The first-order valence-electron chi connectivity index (χ1n) is 7.53. The van der Waals surface area contributed by atoms with Gasteiger partial charge in [0, 0.05) is 19.5 Å². The quantitative estimate of drug-likeness (QED) is 0.927. The molecule has 1 aromatic rings. The zero-order valence-corrected chi connectivity index (χ0v) is 12.7. The van der Waals surface area contributed by atoms with Crippen LogP contribution in [0.3, 0.4) is 0 Å². The predicted octanol–water partition coefficient (Wildman–Crippen LogP) is 2.75. The molecule has 1 aromatic carbocycles. The number of benzene rings is 1. The number of aliphatic carboxylic acids is 1. The maximum absolute atomic E-state index is 12.4. The van der Waals surface area contributed by atoms with Crippen LogP contribution in [0.5, 0.6) is 0 Å². The second-order valence-corrected chi connectivity index (χ2v) is 6.19. The molecule has 1 aliphatic heterocycles. The Morgan fingerprint density at radius 1 is 1.29 bits per heavy atom. The minimum Gasteiger partial charge on any atom is -0.481 e. The first-order valence-corrected chi connectivity index (χ1v) is 7.53. The molecule has 3 unspecified atom stereocenters. The fourth-order valence-corrected chi connectivity index (χ4v) is 3.02. The van der Waals surface area contributed by atoms with Crippen LogP contribution in [-0.2, 0) is 9.59 Å². The maximum atomic E-state index is 12.4. The molecule has 1 amide bonds. The SMILES string of the molecule is CC1CC(C(=O)O)CN(C(=O)CC(C)c2ccccc2)C1. The van der Waals surface area contributed by atoms with E-state index >= 15 is 0 Å². The topological polar surface area (TPSA) is 57.6 Å². The van der Waals surface area contributed by atoms with Gasteiger partial charge < -0.3 is 10.0 Å². The molecular weight excluding hydrogens is 266 g/mol. The van der Waals surface area contributed by atoms with Crippen LogP contribution in [0, 0.1) is 11.8 Å². The van der Waals surface area contributed by atoms with E-state index in [2.05, 4.69) is 0 Å². The van der Waals surface area contributed by atoms with E-state index in [-0.39, 0.29) is 17.7 Å². The van der Waals surface area contributed by atoms with Crippen molar-refractivity contribution in [2.45, 2.75) is 32.6 Å². The lowest BCUT2D eigenvalue weighted by Gasteiger charge is -2.35. The zero-order valence-electron chi connectivity index (χ0n) is 12.7. The third-order valence-corrected chi connectivity index (χ3v) is 4.21. The van der Waals surface area contributed by atoms with Gasteiger partial charge in [-0.3, -0.25) is 9.59 Å². The summed E-state index contributed by atoms with van der Waals surface area (Å²) in [5, 5.41) is 9.18. The van der Waals surface area contributed by atoms with E-state index in [1.165, 1.54) is 0 Å². The Kier molecular flexibility index (Phi) is 4.99. The van der Waals surface area contributed by atoms with Crippen LogP contribution in [0.25, 0.3) is 0 Å². The van der Waals surface area contributed by atoms with Crippen molar-refractivity contribution in [3.8, 4) is 0 Å². The molecule has 2 rings (SSSR count). The lowest BCUT2D eigenvalue weighted by Crippen LogP contribution is -2.45. The van der Waals surface area contributed by atoms with Gasteiger partial charge in [0.25, 0.3) is 0 Å². The van der Waals surface area contributed by atoms with Crippen molar-refractivity contribution >= 4 is 11.9 Å². The first kappa shape index (κ1) is 15.5. The summed E-state index contributed by atoms with van der Waals surface area (Å²) in [7, 11) is 0. The van der Waals surface area contributed by atoms with E-state index in [9.17, 15) is 14.7 Å². The Labute approximate surface area is 125 Å². The minimum atomic E-state index is -0.796. The van der Waals surface area contributed by atoms with Gasteiger partial charge in [0.05, 0.1) is 5.92 Å². The standard InChI is InChI=1S/C17H23NO3/c1-12-8-15(17(20)21)11-18(10-12)16(19)9-13(2)14-6-4-3-5-7-14/h3-7,12-13,15H,8-11H2,1-2H3,(H,20,21). The van der Waals surface area contributed by atoms with E-state index in [1.807, 2.05) is 44.2 Å². The molecule has 114 valence electrons. The summed E-state index contributed by atoms with van der Waals surface area (Å²) >= 11 is 0. The van der Waals surface area contributed by atoms with Gasteiger partial charge >= 0.3 is 5.97 Å². The summed E-state index contributed by atoms with van der Waals surface area (Å²) in [5.74, 6) is -0.764. The van der Waals surface area contributed by atoms with Crippen LogP contribution in [0.4, 0.5) is 0 Å². The molecule has 4 nitrogen and oxygen atoms in total. The number of hydrogen-bond donors (Lipinski definition) is 1. The molecule has 1 saturated heterocycles. The first-order chi connectivity index (χ1) is 9.97. The van der Waals surface area contributed by atoms with Crippen molar-refractivity contribution < 1.29 is 14.7 Å². The summed E-state index contributed by atoms with van der Waals surface area (Å²) in [5.41, 5.74) is 1.14. The molecule has 1 aliphatic rings. The predicted molar refractivity (Wildman–Crippen MR) is 81.0 cm³/mol. The van der Waals surface area contributed by atoms with Crippen molar-refractivity contribution in [3.05, 3.63) is 35.9 Å². The Morgan fingerprint density at radius 3 is 2.57 bits per heavy atom. The van der Waals surface area contributed by atoms with Crippen LogP contribution in [0.15, 0.2) is 30.3 Å². The number of piperidine rings is 1. The lowest BCUT2D eigenvalue weighted by molar-refractivity contribution is -0.147. The smallest absolute Gasteiger partial charge is 0.308 e. The summed E-state index contributed by atoms with van der Waals surface area (Å²) in [6, 6.07) is 9.95. The Balaban J connectivity index is 1.98. The molecule has 0 saturated carbocycles. The molecule has 0 aliphatic carbocycles. The van der Waals surface area contributed by atoms with Gasteiger partial charge in [-0.2, -0.15) is 0 Å². The molecule has 0 aromatic heterocycles. The van der Waals surface area contributed by atoms with Gasteiger partial charge in [-0.05, 0) is 23.8 Å². The number of rotatable bonds is 4. The third kappa shape index (κ3) is 4.06. The molecular formula is C17H23NO3. The van der Waals surface area contributed by atoms with Gasteiger partial charge in [-0.15, -0.1) is 0 Å². The van der Waals surface area contributed by atoms with Crippen LogP contribution in [0.1, 0.15) is 38.2 Å². The van der Waals surface area contributed by atoms with Crippen molar-refractivity contribution in [1.29, 1.82) is 0 Å². The summed E-state index contributed by atoms with van der Waals surface area (Å²) < 4.78 is 0. The largest absolute Gasteiger partial charge is 0.481 e. The van der Waals surface area contributed by atoms with Crippen LogP contribution in [-0.4, -0.2) is 35.0 Å². The number of carboxylic acid groups (broad SMARTS) is 1. The molecule has 4 heteroatoms. The highest BCUT2D eigenvalue weighted by molar-refractivity contribution is 5.78. The summed E-state index contributed by atoms with van der Waals surface area (Å²) in [6.45, 7) is 5.06. The number of carboxylic acids is 1. The number of carbonyl (C=O) groups is 2. The molecule has 1 fully saturated rings. The zero-order chi connectivity index (χ0) is 15.4. The molecule has 21 heavy (non-hydrogen) atoms. The van der Waals surface area contributed by atoms with Crippen molar-refractivity contribution in [3.63, 3.8) is 0 Å². The Bertz CT molecular complexity index is 500. The van der Waals surface area contributed by atoms with Crippen molar-refractivity contribution in [1.82, 2.24) is 4.90 Å². The van der Waals surface area contributed by atoms with Gasteiger partial charge in [0.15, 0.2) is 0 Å². The van der Waals surface area contributed by atoms with Crippen molar-refractivity contribution in [2.24, 2.45) is 11.8 Å². The van der Waals surface area contributed by atoms with Gasteiger partial charge in [-0.25, -0.2) is 0 Å². The fraction of sp³-hybridized carbons (Fsp3) is 0.529. The summed E-state index contributed by atoms with van der Waals surface area (Å²) in [6.07, 6.45) is 1.09. The Morgan fingerprint density at radius 2 is 1.95 bits per heavy atom. The van der Waals surface area contributed by atoms with E-state index in [0.29, 0.717) is 25.9 Å². The fourth-order valence-electron chi connectivity index (χ4n) is 3.02. The number of nitrogens with zero attached hydrogens (tertiary/aromatic N) is 1. The van der Waals surface area contributed by atoms with E-state index < -0.39 is 11.9 Å². The number of amides is 1. The number of carbonyl (C=O) groups excluding carboxylic acids is 1. The monoisotopic (exact) mass is 289 g/mol. The van der Waals surface area contributed by atoms with Crippen LogP contribution < -0.4 is 0 Å². The number of likely N-dealkylation sites (tertiary alicyclic amines) is 1. The average molecular weight is 289 g/mol. The minimum absolute atomic E-state index is 0.0594. The van der Waals surface area contributed by atoms with Crippen molar-refractivity contribution in [2.75, 3.05) is 13.1 Å². The van der Waals surface area contributed by atoms with Crippen LogP contribution in [0.2, 0.25) is 0 Å². The molecule has 0 radical (unpaired) electrons. The molecule has 3 atom stereocenters. The highest BCUT2D eigenvalue weighted by atomic mass is 16.4. The van der Waals surface area contributed by atoms with Gasteiger partial charge in [0.1, 0.15) is 0 Å². The molecule has 0 bridgehead atoms. The number of hydrogen-bond acceptors (Lipinski definition) is 2.